The van der Waals surface area contributed by atoms with E-state index in [0.717, 1.165) is 0 Å². The lowest BCUT2D eigenvalue weighted by molar-refractivity contribution is 0.0928. The summed E-state index contributed by atoms with van der Waals surface area (Å²) in [6, 6.07) is 0. The first-order valence-corrected chi connectivity index (χ1v) is 5.30. The molecule has 5 heteroatoms. The van der Waals surface area contributed by atoms with Crippen molar-refractivity contribution in [1.29, 1.82) is 0 Å². The number of hydrogen-bond donors (Lipinski definition) is 0. The lowest BCUT2D eigenvalue weighted by atomic mass is 10.1. The van der Waals surface area contributed by atoms with Gasteiger partial charge >= 0.3 is 6.08 Å². The van der Waals surface area contributed by atoms with Crippen molar-refractivity contribution in [2.75, 3.05) is 20.7 Å². The summed E-state index contributed by atoms with van der Waals surface area (Å²) < 4.78 is 10.5. The molecule has 1 heterocycles. The van der Waals surface area contributed by atoms with Gasteiger partial charge in [0.15, 0.2) is 0 Å². The van der Waals surface area contributed by atoms with Gasteiger partial charge in [0, 0.05) is 5.54 Å². The van der Waals surface area contributed by atoms with Gasteiger partial charge in [-0.1, -0.05) is 0 Å². The molecular formula is C10H17ClN2O2. The van der Waals surface area contributed by atoms with Gasteiger partial charge in [0.25, 0.3) is 0 Å². The second-order valence-corrected chi connectivity index (χ2v) is 4.50. The first-order chi connectivity index (χ1) is 6.95. The standard InChI is InChI=1S/C10H17ClN2O2/c1-10(2,13(3)4)7-15-9-12-8(5-11)6-14-9/h6H,5,7H2,1-4H3. The second kappa shape index (κ2) is 4.86. The van der Waals surface area contributed by atoms with Crippen LogP contribution in [0.3, 0.4) is 0 Å². The highest BCUT2D eigenvalue weighted by atomic mass is 35.5. The molecule has 0 amide bonds. The van der Waals surface area contributed by atoms with Gasteiger partial charge in [-0.25, -0.2) is 0 Å². The number of likely N-dealkylation sites (N-methyl/N-ethyl adjacent to an activating group) is 1. The van der Waals surface area contributed by atoms with Crippen molar-refractivity contribution < 1.29 is 9.15 Å². The predicted molar refractivity (Wildman–Crippen MR) is 59.3 cm³/mol. The van der Waals surface area contributed by atoms with E-state index in [4.69, 9.17) is 20.8 Å². The summed E-state index contributed by atoms with van der Waals surface area (Å²) in [5.41, 5.74) is 0.629. The fourth-order valence-electron chi connectivity index (χ4n) is 0.784. The number of nitrogens with zero attached hydrogens (tertiary/aromatic N) is 2. The van der Waals surface area contributed by atoms with Gasteiger partial charge < -0.3 is 14.1 Å². The highest BCUT2D eigenvalue weighted by molar-refractivity contribution is 6.16. The average molecular weight is 233 g/mol. The van der Waals surface area contributed by atoms with Crippen LogP contribution < -0.4 is 4.74 Å². The van der Waals surface area contributed by atoms with Gasteiger partial charge in [0.05, 0.1) is 11.6 Å². The van der Waals surface area contributed by atoms with Crippen LogP contribution in [0.15, 0.2) is 10.7 Å². The summed E-state index contributed by atoms with van der Waals surface area (Å²) in [4.78, 5) is 6.13. The molecule has 4 nitrogen and oxygen atoms in total. The quantitative estimate of drug-likeness (QED) is 0.729. The largest absolute Gasteiger partial charge is 0.448 e. The maximum atomic E-state index is 5.59. The summed E-state index contributed by atoms with van der Waals surface area (Å²) in [6.07, 6.45) is 1.78. The third kappa shape index (κ3) is 3.39. The summed E-state index contributed by atoms with van der Waals surface area (Å²) in [6.45, 7) is 4.68. The first kappa shape index (κ1) is 12.3. The van der Waals surface area contributed by atoms with E-state index in [1.807, 2.05) is 14.1 Å². The van der Waals surface area contributed by atoms with Crippen molar-refractivity contribution in [3.8, 4) is 6.08 Å². The fraction of sp³-hybridized carbons (Fsp3) is 0.700. The molecule has 0 aliphatic rings. The van der Waals surface area contributed by atoms with Crippen molar-refractivity contribution in [3.63, 3.8) is 0 Å². The molecular weight excluding hydrogens is 216 g/mol. The lowest BCUT2D eigenvalue weighted by Gasteiger charge is -2.31. The molecule has 0 aliphatic carbocycles. The highest BCUT2D eigenvalue weighted by Crippen LogP contribution is 2.16. The SMILES string of the molecule is CN(C)C(C)(C)COc1nc(CCl)co1. The number of aromatic nitrogens is 1. The molecule has 86 valence electrons. The minimum Gasteiger partial charge on any atom is -0.448 e. The molecule has 0 spiro atoms. The number of ether oxygens (including phenoxy) is 1. The molecule has 0 saturated heterocycles. The molecule has 0 aromatic carbocycles. The van der Waals surface area contributed by atoms with E-state index in [2.05, 4.69) is 23.7 Å². The number of oxazole rings is 1. The molecule has 1 rings (SSSR count). The van der Waals surface area contributed by atoms with Crippen molar-refractivity contribution in [2.45, 2.75) is 25.3 Å². The Labute approximate surface area is 95.2 Å². The van der Waals surface area contributed by atoms with E-state index in [0.29, 0.717) is 18.2 Å². The third-order valence-electron chi connectivity index (χ3n) is 2.43. The molecule has 0 radical (unpaired) electrons. The molecule has 1 aromatic heterocycles. The Kier molecular flexibility index (Phi) is 3.99. The summed E-state index contributed by atoms with van der Waals surface area (Å²) in [5.74, 6) is 0.337. The number of rotatable bonds is 5. The Bertz CT molecular complexity index is 310. The van der Waals surface area contributed by atoms with Crippen molar-refractivity contribution in [1.82, 2.24) is 9.88 Å². The molecule has 0 bridgehead atoms. The second-order valence-electron chi connectivity index (χ2n) is 4.23. The molecule has 0 atom stereocenters. The van der Waals surface area contributed by atoms with E-state index >= 15 is 0 Å². The van der Waals surface area contributed by atoms with Gasteiger partial charge in [0.2, 0.25) is 0 Å². The zero-order valence-corrected chi connectivity index (χ0v) is 10.3. The van der Waals surface area contributed by atoms with Gasteiger partial charge in [-0.3, -0.25) is 0 Å². The van der Waals surface area contributed by atoms with E-state index in [1.165, 1.54) is 6.26 Å². The van der Waals surface area contributed by atoms with Crippen molar-refractivity contribution in [3.05, 3.63) is 12.0 Å². The normalized spacial score (nSPS) is 12.1. The molecule has 15 heavy (non-hydrogen) atoms. The summed E-state index contributed by atoms with van der Waals surface area (Å²) in [5, 5.41) is 0. The van der Waals surface area contributed by atoms with Crippen molar-refractivity contribution >= 4 is 11.6 Å². The Morgan fingerprint density at radius 2 is 2.20 bits per heavy atom. The minimum atomic E-state index is -0.0599. The van der Waals surface area contributed by atoms with E-state index in [9.17, 15) is 0 Å². The molecule has 0 saturated carbocycles. The van der Waals surface area contributed by atoms with Crippen LogP contribution in [0.1, 0.15) is 19.5 Å². The van der Waals surface area contributed by atoms with E-state index in [-0.39, 0.29) is 11.6 Å². The average Bonchev–Trinajstić information content (AvgIpc) is 2.62. The van der Waals surface area contributed by atoms with Crippen LogP contribution >= 0.6 is 11.6 Å². The van der Waals surface area contributed by atoms with Crippen LogP contribution in [0.5, 0.6) is 6.08 Å². The van der Waals surface area contributed by atoms with Crippen LogP contribution in [0.4, 0.5) is 0 Å². The first-order valence-electron chi connectivity index (χ1n) is 4.76. The monoisotopic (exact) mass is 232 g/mol. The van der Waals surface area contributed by atoms with Crippen LogP contribution in [-0.4, -0.2) is 36.1 Å². The van der Waals surface area contributed by atoms with E-state index < -0.39 is 0 Å². The summed E-state index contributed by atoms with van der Waals surface area (Å²) in [7, 11) is 4.01. The minimum absolute atomic E-state index is 0.0599. The van der Waals surface area contributed by atoms with Crippen LogP contribution in [0.2, 0.25) is 0 Å². The van der Waals surface area contributed by atoms with E-state index in [1.54, 1.807) is 0 Å². The Morgan fingerprint density at radius 3 is 2.67 bits per heavy atom. The summed E-state index contributed by atoms with van der Waals surface area (Å²) >= 11 is 5.59. The zero-order valence-electron chi connectivity index (χ0n) is 9.58. The highest BCUT2D eigenvalue weighted by Gasteiger charge is 2.22. The van der Waals surface area contributed by atoms with Crippen LogP contribution in [0.25, 0.3) is 0 Å². The fourth-order valence-corrected chi connectivity index (χ4v) is 0.906. The molecule has 0 fully saturated rings. The Balaban J connectivity index is 2.50. The number of hydrogen-bond acceptors (Lipinski definition) is 4. The van der Waals surface area contributed by atoms with Gasteiger partial charge in [-0.2, -0.15) is 4.98 Å². The predicted octanol–water partition coefficient (Wildman–Crippen LogP) is 2.13. The maximum absolute atomic E-state index is 5.59. The van der Waals surface area contributed by atoms with Crippen LogP contribution in [0, 0.1) is 0 Å². The number of halogens is 1. The number of alkyl halides is 1. The maximum Gasteiger partial charge on any atom is 0.393 e. The Hall–Kier alpha value is -0.740. The molecule has 0 N–H and O–H groups in total. The van der Waals surface area contributed by atoms with Crippen LogP contribution in [-0.2, 0) is 5.88 Å². The molecule has 1 aromatic rings. The third-order valence-corrected chi connectivity index (χ3v) is 2.70. The Morgan fingerprint density at radius 1 is 1.53 bits per heavy atom. The topological polar surface area (TPSA) is 38.5 Å². The smallest absolute Gasteiger partial charge is 0.393 e. The lowest BCUT2D eigenvalue weighted by Crippen LogP contribution is -2.43. The van der Waals surface area contributed by atoms with Crippen molar-refractivity contribution in [2.24, 2.45) is 0 Å². The van der Waals surface area contributed by atoms with Gasteiger partial charge in [0.1, 0.15) is 12.9 Å². The van der Waals surface area contributed by atoms with Gasteiger partial charge in [-0.15, -0.1) is 11.6 Å². The molecule has 0 unspecified atom stereocenters. The van der Waals surface area contributed by atoms with Gasteiger partial charge in [-0.05, 0) is 27.9 Å². The zero-order chi connectivity index (χ0) is 11.5. The molecule has 0 aliphatic heterocycles.